The molecule has 0 amide bonds. The van der Waals surface area contributed by atoms with Gasteiger partial charge in [0, 0.05) is 0 Å². The molecular weight excluding hydrogens is 399 g/mol. The Morgan fingerprint density at radius 1 is 0.733 bits per heavy atom. The second-order valence-electron chi connectivity index (χ2n) is 7.55. The highest BCUT2D eigenvalue weighted by Gasteiger charge is 2.20. The molecule has 0 fully saturated rings. The van der Waals surface area contributed by atoms with E-state index in [0.717, 1.165) is 13.2 Å². The van der Waals surface area contributed by atoms with E-state index in [-0.39, 0.29) is 0 Å². The number of aromatic nitrogens is 2. The Labute approximate surface area is 180 Å². The summed E-state index contributed by atoms with van der Waals surface area (Å²) in [7, 11) is -6.00. The van der Waals surface area contributed by atoms with Crippen molar-refractivity contribution in [2.75, 3.05) is 13.2 Å². The zero-order valence-electron chi connectivity index (χ0n) is 18.8. The number of halogens is 4. The topological polar surface area (TPSA) is 27.3 Å². The highest BCUT2D eigenvalue weighted by atomic mass is 19.5. The molecule has 4 nitrogen and oxygen atoms in total. The molecular formula is C21H41BF4N2O2. The standard InChI is InChI=1S/C21H41N2O2.BF4/c1-3-5-7-9-11-13-17-24-20-22-15-16-23(19-22)21-25-18-14-12-10-8-6-4-2;2-1(3,4)5/h15-16,19H,3-14,17-18,20-21H2,1-2H3;/q+1;-1. The molecule has 1 heterocycles. The Bertz CT molecular complexity index is 447. The van der Waals surface area contributed by atoms with Crippen molar-refractivity contribution in [3.63, 3.8) is 0 Å². The zero-order valence-corrected chi connectivity index (χ0v) is 18.8. The van der Waals surface area contributed by atoms with Gasteiger partial charge in [-0.25, -0.2) is 9.13 Å². The van der Waals surface area contributed by atoms with Crippen molar-refractivity contribution in [2.45, 2.75) is 104 Å². The summed E-state index contributed by atoms with van der Waals surface area (Å²) < 4.78 is 54.6. The molecule has 0 aliphatic heterocycles. The van der Waals surface area contributed by atoms with Crippen LogP contribution in [0, 0.1) is 0 Å². The molecule has 0 saturated carbocycles. The van der Waals surface area contributed by atoms with Gasteiger partial charge in [-0.1, -0.05) is 78.1 Å². The quantitative estimate of drug-likeness (QED) is 0.109. The molecule has 0 bridgehead atoms. The van der Waals surface area contributed by atoms with E-state index in [0.29, 0.717) is 13.5 Å². The van der Waals surface area contributed by atoms with Crippen molar-refractivity contribution in [3.8, 4) is 0 Å². The van der Waals surface area contributed by atoms with Crippen LogP contribution in [0.2, 0.25) is 0 Å². The highest BCUT2D eigenvalue weighted by Crippen LogP contribution is 2.07. The van der Waals surface area contributed by atoms with Crippen molar-refractivity contribution >= 4 is 7.25 Å². The predicted molar refractivity (Wildman–Crippen MR) is 113 cm³/mol. The molecule has 0 aromatic carbocycles. The minimum atomic E-state index is -6.00. The average Bonchev–Trinajstić information content (AvgIpc) is 3.12. The van der Waals surface area contributed by atoms with Crippen LogP contribution in [-0.4, -0.2) is 25.0 Å². The summed E-state index contributed by atoms with van der Waals surface area (Å²) in [6, 6.07) is 0. The van der Waals surface area contributed by atoms with Gasteiger partial charge in [-0.3, -0.25) is 0 Å². The molecule has 0 unspecified atom stereocenters. The van der Waals surface area contributed by atoms with Crippen molar-refractivity contribution in [1.29, 1.82) is 0 Å². The van der Waals surface area contributed by atoms with Crippen molar-refractivity contribution in [3.05, 3.63) is 18.7 Å². The average molecular weight is 440 g/mol. The first kappa shape index (κ1) is 28.9. The molecule has 1 rings (SSSR count). The second kappa shape index (κ2) is 19.9. The Morgan fingerprint density at radius 3 is 1.73 bits per heavy atom. The van der Waals surface area contributed by atoms with Gasteiger partial charge in [0.05, 0.1) is 13.2 Å². The molecule has 1 aromatic rings. The van der Waals surface area contributed by atoms with Gasteiger partial charge in [-0.05, 0) is 12.8 Å². The fraction of sp³-hybridized carbons (Fsp3) is 0.857. The Balaban J connectivity index is 0.00000150. The van der Waals surface area contributed by atoms with Crippen molar-refractivity contribution < 1.29 is 31.3 Å². The first-order valence-electron chi connectivity index (χ1n) is 11.4. The van der Waals surface area contributed by atoms with Crippen LogP contribution < -0.4 is 4.57 Å². The highest BCUT2D eigenvalue weighted by molar-refractivity contribution is 6.50. The number of hydrogen-bond acceptors (Lipinski definition) is 2. The number of rotatable bonds is 18. The fourth-order valence-corrected chi connectivity index (χ4v) is 2.90. The van der Waals surface area contributed by atoms with E-state index in [9.17, 15) is 17.3 Å². The first-order valence-corrected chi connectivity index (χ1v) is 11.4. The fourth-order valence-electron chi connectivity index (χ4n) is 2.90. The van der Waals surface area contributed by atoms with Gasteiger partial charge in [0.25, 0.3) is 0 Å². The normalized spacial score (nSPS) is 11.4. The van der Waals surface area contributed by atoms with E-state index in [2.05, 4.69) is 41.7 Å². The number of hydrogen-bond donors (Lipinski definition) is 0. The van der Waals surface area contributed by atoms with Gasteiger partial charge in [-0.2, -0.15) is 0 Å². The van der Waals surface area contributed by atoms with Crippen molar-refractivity contribution in [1.82, 2.24) is 4.57 Å². The monoisotopic (exact) mass is 440 g/mol. The molecule has 0 aliphatic carbocycles. The molecule has 178 valence electrons. The van der Waals surface area contributed by atoms with Gasteiger partial charge >= 0.3 is 7.25 Å². The van der Waals surface area contributed by atoms with E-state index in [1.165, 1.54) is 77.0 Å². The minimum absolute atomic E-state index is 0.638. The van der Waals surface area contributed by atoms with E-state index < -0.39 is 7.25 Å². The first-order chi connectivity index (χ1) is 14.4. The Kier molecular flexibility index (Phi) is 19.1. The van der Waals surface area contributed by atoms with Crippen LogP contribution in [0.5, 0.6) is 0 Å². The number of unbranched alkanes of at least 4 members (excludes halogenated alkanes) is 10. The number of ether oxygens (including phenoxy) is 2. The maximum Gasteiger partial charge on any atom is 0.673 e. The van der Waals surface area contributed by atoms with Gasteiger partial charge < -0.3 is 26.7 Å². The third-order valence-corrected chi connectivity index (χ3v) is 4.51. The smallest absolute Gasteiger partial charge is 0.418 e. The van der Waals surface area contributed by atoms with Crippen LogP contribution in [0.4, 0.5) is 17.3 Å². The SMILES string of the molecule is CCCCCCCCOCn1cc[n+](COCCCCCCCC)c1.F[B-](F)(F)F. The largest absolute Gasteiger partial charge is 0.673 e. The summed E-state index contributed by atoms with van der Waals surface area (Å²) in [5.41, 5.74) is 0. The maximum atomic E-state index is 9.75. The van der Waals surface area contributed by atoms with Crippen LogP contribution in [0.15, 0.2) is 18.7 Å². The molecule has 1 aromatic heterocycles. The summed E-state index contributed by atoms with van der Waals surface area (Å²) in [5.74, 6) is 0. The van der Waals surface area contributed by atoms with E-state index in [4.69, 9.17) is 9.47 Å². The molecule has 0 radical (unpaired) electrons. The van der Waals surface area contributed by atoms with Crippen LogP contribution in [0.3, 0.4) is 0 Å². The molecule has 0 aliphatic rings. The van der Waals surface area contributed by atoms with E-state index in [1.807, 2.05) is 0 Å². The Hall–Kier alpha value is -1.09. The second-order valence-corrected chi connectivity index (χ2v) is 7.55. The van der Waals surface area contributed by atoms with Gasteiger partial charge in [0.15, 0.2) is 13.5 Å². The van der Waals surface area contributed by atoms with E-state index >= 15 is 0 Å². The summed E-state index contributed by atoms with van der Waals surface area (Å²) >= 11 is 0. The lowest BCUT2D eigenvalue weighted by Crippen LogP contribution is -2.32. The zero-order chi connectivity index (χ0) is 22.5. The van der Waals surface area contributed by atoms with Crippen LogP contribution in [0.1, 0.15) is 90.9 Å². The lowest BCUT2D eigenvalue weighted by Gasteiger charge is -2.03. The van der Waals surface area contributed by atoms with Gasteiger partial charge in [-0.15, -0.1) is 0 Å². The third-order valence-electron chi connectivity index (χ3n) is 4.51. The summed E-state index contributed by atoms with van der Waals surface area (Å²) in [5, 5.41) is 0. The lowest BCUT2D eigenvalue weighted by molar-refractivity contribution is -0.732. The van der Waals surface area contributed by atoms with Crippen LogP contribution in [0.25, 0.3) is 0 Å². The maximum absolute atomic E-state index is 9.75. The Morgan fingerprint density at radius 2 is 1.20 bits per heavy atom. The predicted octanol–water partition coefficient (Wildman–Crippen LogP) is 6.74. The summed E-state index contributed by atoms with van der Waals surface area (Å²) in [4.78, 5) is 0. The summed E-state index contributed by atoms with van der Waals surface area (Å²) in [6.45, 7) is 7.51. The summed E-state index contributed by atoms with van der Waals surface area (Å²) in [6.07, 6.45) is 21.9. The van der Waals surface area contributed by atoms with E-state index in [1.54, 1.807) is 0 Å². The van der Waals surface area contributed by atoms with Gasteiger partial charge in [0.2, 0.25) is 6.33 Å². The van der Waals surface area contributed by atoms with Crippen molar-refractivity contribution in [2.24, 2.45) is 0 Å². The number of nitrogens with zero attached hydrogens (tertiary/aromatic N) is 2. The molecule has 30 heavy (non-hydrogen) atoms. The molecule has 0 atom stereocenters. The minimum Gasteiger partial charge on any atom is -0.418 e. The van der Waals surface area contributed by atoms with Gasteiger partial charge in [0.1, 0.15) is 12.4 Å². The molecule has 0 saturated heterocycles. The lowest BCUT2D eigenvalue weighted by atomic mass is 10.1. The number of imidazole rings is 1. The van der Waals surface area contributed by atoms with Crippen LogP contribution in [-0.2, 0) is 22.9 Å². The van der Waals surface area contributed by atoms with Crippen LogP contribution >= 0.6 is 0 Å². The third kappa shape index (κ3) is 23.2. The molecule has 0 N–H and O–H groups in total. The molecule has 9 heteroatoms. The molecule has 0 spiro atoms.